The highest BCUT2D eigenvalue weighted by molar-refractivity contribution is 7.89. The van der Waals surface area contributed by atoms with Gasteiger partial charge in [0.05, 0.1) is 11.5 Å². The molecule has 1 N–H and O–H groups in total. The fraction of sp³-hybridized carbons (Fsp3) is 0.143. The highest BCUT2D eigenvalue weighted by Crippen LogP contribution is 2.22. The summed E-state index contributed by atoms with van der Waals surface area (Å²) in [5.74, 6) is 2.02. The molecule has 0 atom stereocenters. The largest absolute Gasteiger partial charge is 0.494 e. The first-order valence-electron chi connectivity index (χ1n) is 8.61. The molecule has 0 aliphatic rings. The second-order valence-corrected chi connectivity index (χ2v) is 7.56. The van der Waals surface area contributed by atoms with E-state index in [2.05, 4.69) is 4.72 Å². The van der Waals surface area contributed by atoms with Crippen molar-refractivity contribution in [2.75, 3.05) is 6.61 Å². The quantitative estimate of drug-likeness (QED) is 0.628. The van der Waals surface area contributed by atoms with Crippen molar-refractivity contribution in [2.24, 2.45) is 0 Å². The molecule has 0 heterocycles. The van der Waals surface area contributed by atoms with Gasteiger partial charge in [0.25, 0.3) is 0 Å². The van der Waals surface area contributed by atoms with Crippen molar-refractivity contribution >= 4 is 10.0 Å². The smallest absolute Gasteiger partial charge is 0.240 e. The zero-order valence-corrected chi connectivity index (χ0v) is 15.8. The van der Waals surface area contributed by atoms with Crippen LogP contribution >= 0.6 is 0 Å². The van der Waals surface area contributed by atoms with Gasteiger partial charge >= 0.3 is 0 Å². The number of sulfonamides is 1. The van der Waals surface area contributed by atoms with Crippen LogP contribution in [0.3, 0.4) is 0 Å². The summed E-state index contributed by atoms with van der Waals surface area (Å²) >= 11 is 0. The molecule has 6 heteroatoms. The van der Waals surface area contributed by atoms with Gasteiger partial charge in [-0.25, -0.2) is 13.1 Å². The molecule has 0 aliphatic carbocycles. The molecular weight excluding hydrogens is 362 g/mol. The van der Waals surface area contributed by atoms with Gasteiger partial charge in [0.1, 0.15) is 17.2 Å². The Hall–Kier alpha value is -2.83. The lowest BCUT2D eigenvalue weighted by atomic mass is 10.2. The summed E-state index contributed by atoms with van der Waals surface area (Å²) in [7, 11) is -3.61. The Morgan fingerprint density at radius 2 is 1.52 bits per heavy atom. The molecule has 0 spiro atoms. The summed E-state index contributed by atoms with van der Waals surface area (Å²) in [5, 5.41) is 0. The van der Waals surface area contributed by atoms with Crippen LogP contribution in [0.25, 0.3) is 0 Å². The van der Waals surface area contributed by atoms with Crippen molar-refractivity contribution in [3.8, 4) is 17.2 Å². The maximum Gasteiger partial charge on any atom is 0.240 e. The van der Waals surface area contributed by atoms with Crippen molar-refractivity contribution in [1.82, 2.24) is 4.72 Å². The van der Waals surface area contributed by atoms with Gasteiger partial charge in [0.2, 0.25) is 10.0 Å². The zero-order chi connectivity index (χ0) is 19.1. The standard InChI is InChI=1S/C21H21NO4S/c1-2-25-18-11-13-21(14-12-18)27(23,24)22-16-17-7-6-10-20(15-17)26-19-8-4-3-5-9-19/h3-15,22H,2,16H2,1H3. The molecule has 0 bridgehead atoms. The lowest BCUT2D eigenvalue weighted by Gasteiger charge is -2.10. The Kier molecular flexibility index (Phi) is 6.11. The number of nitrogens with one attached hydrogen (secondary N) is 1. The predicted molar refractivity (Wildman–Crippen MR) is 105 cm³/mol. The molecule has 5 nitrogen and oxygen atoms in total. The Balaban J connectivity index is 1.66. The van der Waals surface area contributed by atoms with Crippen molar-refractivity contribution < 1.29 is 17.9 Å². The van der Waals surface area contributed by atoms with E-state index in [4.69, 9.17) is 9.47 Å². The van der Waals surface area contributed by atoms with Crippen LogP contribution in [0.15, 0.2) is 83.8 Å². The molecule has 0 saturated carbocycles. The summed E-state index contributed by atoms with van der Waals surface area (Å²) in [4.78, 5) is 0.197. The third-order valence-corrected chi connectivity index (χ3v) is 5.21. The molecular formula is C21H21NO4S. The average molecular weight is 383 g/mol. The molecule has 0 aromatic heterocycles. The van der Waals surface area contributed by atoms with Crippen LogP contribution in [-0.2, 0) is 16.6 Å². The summed E-state index contributed by atoms with van der Waals surface area (Å²) in [6.07, 6.45) is 0. The molecule has 3 rings (SSSR count). The van der Waals surface area contributed by atoms with Gasteiger partial charge in [0, 0.05) is 6.54 Å². The monoisotopic (exact) mass is 383 g/mol. The average Bonchev–Trinajstić information content (AvgIpc) is 2.68. The van der Waals surface area contributed by atoms with Gasteiger partial charge in [-0.1, -0.05) is 30.3 Å². The predicted octanol–water partition coefficient (Wildman–Crippen LogP) is 4.36. The molecule has 3 aromatic carbocycles. The van der Waals surface area contributed by atoms with E-state index in [1.54, 1.807) is 12.1 Å². The van der Waals surface area contributed by atoms with E-state index < -0.39 is 10.0 Å². The van der Waals surface area contributed by atoms with E-state index in [1.807, 2.05) is 61.5 Å². The van der Waals surface area contributed by atoms with Gasteiger partial charge in [-0.3, -0.25) is 0 Å². The first kappa shape index (κ1) is 18.9. The summed E-state index contributed by atoms with van der Waals surface area (Å²) < 4.78 is 38.7. The van der Waals surface area contributed by atoms with Crippen LogP contribution in [0, 0.1) is 0 Å². The Bertz CT molecular complexity index is 971. The summed E-state index contributed by atoms with van der Waals surface area (Å²) in [6, 6.07) is 23.1. The number of hydrogen-bond donors (Lipinski definition) is 1. The number of rotatable bonds is 8. The molecule has 0 radical (unpaired) electrons. The van der Waals surface area contributed by atoms with Crippen molar-refractivity contribution in [1.29, 1.82) is 0 Å². The minimum absolute atomic E-state index is 0.168. The van der Waals surface area contributed by atoms with E-state index in [0.29, 0.717) is 18.1 Å². The molecule has 0 fully saturated rings. The van der Waals surface area contributed by atoms with E-state index >= 15 is 0 Å². The molecule has 0 aliphatic heterocycles. The molecule has 140 valence electrons. The van der Waals surface area contributed by atoms with Gasteiger partial charge in [-0.2, -0.15) is 0 Å². The first-order valence-corrected chi connectivity index (χ1v) is 10.1. The summed E-state index contributed by atoms with van der Waals surface area (Å²) in [5.41, 5.74) is 0.804. The van der Waals surface area contributed by atoms with Gasteiger partial charge in [0.15, 0.2) is 0 Å². The van der Waals surface area contributed by atoms with Crippen LogP contribution in [0.4, 0.5) is 0 Å². The van der Waals surface area contributed by atoms with Crippen LogP contribution in [0.5, 0.6) is 17.2 Å². The van der Waals surface area contributed by atoms with Crippen LogP contribution in [0.2, 0.25) is 0 Å². The van der Waals surface area contributed by atoms with Crippen LogP contribution in [-0.4, -0.2) is 15.0 Å². The second kappa shape index (κ2) is 8.70. The normalized spacial score (nSPS) is 11.1. The van der Waals surface area contributed by atoms with E-state index in [9.17, 15) is 8.42 Å². The maximum absolute atomic E-state index is 12.5. The fourth-order valence-electron chi connectivity index (χ4n) is 2.49. The molecule has 0 unspecified atom stereocenters. The number of ether oxygens (including phenoxy) is 2. The molecule has 3 aromatic rings. The van der Waals surface area contributed by atoms with Gasteiger partial charge in [-0.15, -0.1) is 0 Å². The first-order chi connectivity index (χ1) is 13.1. The van der Waals surface area contributed by atoms with Crippen LogP contribution in [0.1, 0.15) is 12.5 Å². The second-order valence-electron chi connectivity index (χ2n) is 5.79. The van der Waals surface area contributed by atoms with Gasteiger partial charge in [-0.05, 0) is 61.0 Å². The molecule has 0 amide bonds. The Labute approximate surface area is 159 Å². The van der Waals surface area contributed by atoms with E-state index in [0.717, 1.165) is 11.3 Å². The zero-order valence-electron chi connectivity index (χ0n) is 15.0. The van der Waals surface area contributed by atoms with E-state index in [-0.39, 0.29) is 11.4 Å². The van der Waals surface area contributed by atoms with Gasteiger partial charge < -0.3 is 9.47 Å². The van der Waals surface area contributed by atoms with Crippen molar-refractivity contribution in [3.05, 3.63) is 84.4 Å². The van der Waals surface area contributed by atoms with Crippen molar-refractivity contribution in [3.63, 3.8) is 0 Å². The number of benzene rings is 3. The third-order valence-electron chi connectivity index (χ3n) is 3.79. The lowest BCUT2D eigenvalue weighted by molar-refractivity contribution is 0.340. The summed E-state index contributed by atoms with van der Waals surface area (Å²) in [6.45, 7) is 2.58. The topological polar surface area (TPSA) is 64.6 Å². The highest BCUT2D eigenvalue weighted by atomic mass is 32.2. The minimum Gasteiger partial charge on any atom is -0.494 e. The Morgan fingerprint density at radius 1 is 0.815 bits per heavy atom. The third kappa shape index (κ3) is 5.32. The number of para-hydroxylation sites is 1. The molecule has 0 saturated heterocycles. The van der Waals surface area contributed by atoms with E-state index in [1.165, 1.54) is 12.1 Å². The fourth-order valence-corrected chi connectivity index (χ4v) is 3.50. The number of hydrogen-bond acceptors (Lipinski definition) is 4. The Morgan fingerprint density at radius 3 is 2.22 bits per heavy atom. The SMILES string of the molecule is CCOc1ccc(S(=O)(=O)NCc2cccc(Oc3ccccc3)c2)cc1. The lowest BCUT2D eigenvalue weighted by Crippen LogP contribution is -2.23. The minimum atomic E-state index is -3.61. The maximum atomic E-state index is 12.5. The highest BCUT2D eigenvalue weighted by Gasteiger charge is 2.14. The van der Waals surface area contributed by atoms with Crippen LogP contribution < -0.4 is 14.2 Å². The molecule has 27 heavy (non-hydrogen) atoms. The van der Waals surface area contributed by atoms with Crippen molar-refractivity contribution in [2.45, 2.75) is 18.4 Å².